The number of nitrogens with zero attached hydrogens (tertiary/aromatic N) is 2. The van der Waals surface area contributed by atoms with Gasteiger partial charge in [-0.2, -0.15) is 0 Å². The third-order valence-corrected chi connectivity index (χ3v) is 4.91. The lowest BCUT2D eigenvalue weighted by Crippen LogP contribution is -2.36. The largest absolute Gasteiger partial charge is 0.493 e. The van der Waals surface area contributed by atoms with Gasteiger partial charge in [-0.3, -0.25) is 0 Å². The molecular weight excluding hydrogens is 523 g/mol. The first kappa shape index (κ1) is 25.8. The summed E-state index contributed by atoms with van der Waals surface area (Å²) >= 11 is 0. The minimum Gasteiger partial charge on any atom is -0.493 e. The van der Waals surface area contributed by atoms with Crippen molar-refractivity contribution in [2.24, 2.45) is 10.9 Å². The highest BCUT2D eigenvalue weighted by molar-refractivity contribution is 14.0. The summed E-state index contributed by atoms with van der Waals surface area (Å²) in [4.78, 5) is 8.99. The lowest BCUT2D eigenvalue weighted by molar-refractivity contribution is 0.288. The first-order chi connectivity index (χ1) is 15.2. The highest BCUT2D eigenvalue weighted by Gasteiger charge is 2.22. The van der Waals surface area contributed by atoms with E-state index >= 15 is 0 Å². The fourth-order valence-corrected chi connectivity index (χ4v) is 3.05. The number of guanidine groups is 1. The van der Waals surface area contributed by atoms with Crippen molar-refractivity contribution in [3.63, 3.8) is 0 Å². The van der Waals surface area contributed by atoms with Crippen LogP contribution in [0.25, 0.3) is 0 Å². The normalized spacial score (nSPS) is 13.1. The van der Waals surface area contributed by atoms with E-state index in [9.17, 15) is 0 Å². The number of aromatic nitrogens is 1. The Morgan fingerprint density at radius 2 is 1.75 bits per heavy atom. The number of benzene rings is 1. The Labute approximate surface area is 207 Å². The van der Waals surface area contributed by atoms with Gasteiger partial charge in [0.25, 0.3) is 0 Å². The maximum Gasteiger partial charge on any atom is 0.213 e. The number of methoxy groups -OCH3 is 3. The Balaban J connectivity index is 0.00000363. The van der Waals surface area contributed by atoms with Crippen LogP contribution in [0.4, 0.5) is 0 Å². The molecule has 1 heterocycles. The molecule has 1 aliphatic rings. The molecule has 0 aliphatic heterocycles. The molecule has 1 aliphatic carbocycles. The lowest BCUT2D eigenvalue weighted by Gasteiger charge is -2.14. The number of pyridine rings is 1. The van der Waals surface area contributed by atoms with Crippen molar-refractivity contribution in [2.45, 2.75) is 32.9 Å². The second-order valence-corrected chi connectivity index (χ2v) is 7.34. The van der Waals surface area contributed by atoms with Crippen molar-refractivity contribution in [2.75, 3.05) is 34.5 Å². The highest BCUT2D eigenvalue weighted by atomic mass is 127. The van der Waals surface area contributed by atoms with E-state index in [4.69, 9.17) is 23.9 Å². The van der Waals surface area contributed by atoms with E-state index in [2.05, 4.69) is 15.6 Å². The zero-order valence-corrected chi connectivity index (χ0v) is 21.5. The Morgan fingerprint density at radius 1 is 1.03 bits per heavy atom. The van der Waals surface area contributed by atoms with Crippen LogP contribution in [0.15, 0.2) is 35.5 Å². The van der Waals surface area contributed by atoms with Gasteiger partial charge in [0.2, 0.25) is 11.6 Å². The van der Waals surface area contributed by atoms with E-state index in [-0.39, 0.29) is 24.0 Å². The van der Waals surface area contributed by atoms with Crippen LogP contribution in [0.1, 0.15) is 30.9 Å². The Hall–Kier alpha value is -2.43. The second kappa shape index (κ2) is 13.2. The van der Waals surface area contributed by atoms with Gasteiger partial charge in [0.15, 0.2) is 17.5 Å². The van der Waals surface area contributed by atoms with E-state index in [1.165, 1.54) is 12.8 Å². The molecule has 3 rings (SSSR count). The number of aliphatic imine (C=N–C) groups is 1. The second-order valence-electron chi connectivity index (χ2n) is 7.34. The van der Waals surface area contributed by atoms with Crippen molar-refractivity contribution >= 4 is 29.9 Å². The van der Waals surface area contributed by atoms with Crippen LogP contribution in [0, 0.1) is 5.92 Å². The summed E-state index contributed by atoms with van der Waals surface area (Å²) in [5.41, 5.74) is 2.03. The van der Waals surface area contributed by atoms with Crippen molar-refractivity contribution in [3.05, 3.63) is 41.6 Å². The van der Waals surface area contributed by atoms with Gasteiger partial charge in [0.1, 0.15) is 0 Å². The van der Waals surface area contributed by atoms with E-state index < -0.39 is 0 Å². The number of ether oxygens (including phenoxy) is 4. The summed E-state index contributed by atoms with van der Waals surface area (Å²) in [6.07, 6.45) is 4.30. The number of halogens is 1. The van der Waals surface area contributed by atoms with Gasteiger partial charge in [-0.15, -0.1) is 24.0 Å². The van der Waals surface area contributed by atoms with Gasteiger partial charge in [-0.05, 0) is 55.0 Å². The van der Waals surface area contributed by atoms with Crippen molar-refractivity contribution in [1.82, 2.24) is 15.6 Å². The minimum absolute atomic E-state index is 0. The fraction of sp³-hybridized carbons (Fsp3) is 0.478. The Kier molecular flexibility index (Phi) is 10.6. The van der Waals surface area contributed by atoms with Crippen LogP contribution in [0.5, 0.6) is 23.1 Å². The smallest absolute Gasteiger partial charge is 0.213 e. The molecule has 176 valence electrons. The van der Waals surface area contributed by atoms with Crippen LogP contribution >= 0.6 is 24.0 Å². The van der Waals surface area contributed by atoms with Crippen LogP contribution in [-0.4, -0.2) is 45.4 Å². The number of nitrogens with one attached hydrogen (secondary N) is 2. The van der Waals surface area contributed by atoms with E-state index in [1.54, 1.807) is 27.5 Å². The SMILES string of the molecule is CCNC(=NCc1cc(OC)c(OC)c(OC)c1)NCc1ccnc(OCC2CC2)c1.I. The predicted octanol–water partition coefficient (Wildman–Crippen LogP) is 3.77. The first-order valence-corrected chi connectivity index (χ1v) is 10.6. The van der Waals surface area contributed by atoms with E-state index in [0.717, 1.165) is 24.3 Å². The van der Waals surface area contributed by atoms with E-state index in [1.807, 2.05) is 31.2 Å². The van der Waals surface area contributed by atoms with Crippen molar-refractivity contribution in [1.29, 1.82) is 0 Å². The molecule has 32 heavy (non-hydrogen) atoms. The molecule has 0 saturated heterocycles. The first-order valence-electron chi connectivity index (χ1n) is 10.6. The van der Waals surface area contributed by atoms with Crippen LogP contribution in [-0.2, 0) is 13.1 Å². The van der Waals surface area contributed by atoms with Gasteiger partial charge >= 0.3 is 0 Å². The molecule has 0 unspecified atom stereocenters. The molecule has 0 spiro atoms. The standard InChI is InChI=1S/C23H32N4O4.HI/c1-5-24-23(26-13-17-8-9-25-21(12-17)31-15-16-6-7-16)27-14-18-10-19(28-2)22(30-4)20(11-18)29-3;/h8-12,16H,5-7,13-15H2,1-4H3,(H2,24,26,27);1H. The quantitative estimate of drug-likeness (QED) is 0.248. The van der Waals surface area contributed by atoms with Crippen LogP contribution in [0.2, 0.25) is 0 Å². The van der Waals surface area contributed by atoms with Crippen LogP contribution in [0.3, 0.4) is 0 Å². The third-order valence-electron chi connectivity index (χ3n) is 4.91. The topological polar surface area (TPSA) is 86.2 Å². The minimum atomic E-state index is 0. The average Bonchev–Trinajstić information content (AvgIpc) is 3.63. The molecule has 0 atom stereocenters. The molecular formula is C23H33IN4O4. The molecule has 0 radical (unpaired) electrons. The Bertz CT molecular complexity index is 865. The maximum absolute atomic E-state index is 5.77. The van der Waals surface area contributed by atoms with Gasteiger partial charge in [0.05, 0.1) is 34.5 Å². The molecule has 1 aromatic heterocycles. The average molecular weight is 556 g/mol. The summed E-state index contributed by atoms with van der Waals surface area (Å²) in [7, 11) is 4.80. The molecule has 9 heteroatoms. The van der Waals surface area contributed by atoms with Crippen LogP contribution < -0.4 is 29.6 Å². The number of rotatable bonds is 11. The molecule has 2 N–H and O–H groups in total. The summed E-state index contributed by atoms with van der Waals surface area (Å²) in [6.45, 7) is 4.62. The van der Waals surface area contributed by atoms with Crippen molar-refractivity contribution in [3.8, 4) is 23.1 Å². The number of hydrogen-bond acceptors (Lipinski definition) is 6. The Morgan fingerprint density at radius 3 is 2.34 bits per heavy atom. The zero-order chi connectivity index (χ0) is 22.1. The lowest BCUT2D eigenvalue weighted by atomic mass is 10.2. The maximum atomic E-state index is 5.77. The number of hydrogen-bond donors (Lipinski definition) is 2. The highest BCUT2D eigenvalue weighted by Crippen LogP contribution is 2.38. The molecule has 1 aromatic carbocycles. The molecule has 8 nitrogen and oxygen atoms in total. The molecule has 0 bridgehead atoms. The summed E-state index contributed by atoms with van der Waals surface area (Å²) < 4.78 is 22.0. The van der Waals surface area contributed by atoms with E-state index in [0.29, 0.717) is 48.1 Å². The summed E-state index contributed by atoms with van der Waals surface area (Å²) in [5.74, 6) is 3.88. The van der Waals surface area contributed by atoms with Gasteiger partial charge < -0.3 is 29.6 Å². The van der Waals surface area contributed by atoms with Gasteiger partial charge in [0, 0.05) is 25.4 Å². The molecule has 2 aromatic rings. The fourth-order valence-electron chi connectivity index (χ4n) is 3.05. The van der Waals surface area contributed by atoms with Crippen molar-refractivity contribution < 1.29 is 18.9 Å². The van der Waals surface area contributed by atoms with Gasteiger partial charge in [-0.1, -0.05) is 0 Å². The molecule has 1 fully saturated rings. The zero-order valence-electron chi connectivity index (χ0n) is 19.1. The van der Waals surface area contributed by atoms with Gasteiger partial charge in [-0.25, -0.2) is 9.98 Å². The summed E-state index contributed by atoms with van der Waals surface area (Å²) in [6, 6.07) is 7.75. The third kappa shape index (κ3) is 7.61. The molecule has 0 amide bonds. The predicted molar refractivity (Wildman–Crippen MR) is 136 cm³/mol. The molecule has 1 saturated carbocycles. The monoisotopic (exact) mass is 556 g/mol. The summed E-state index contributed by atoms with van der Waals surface area (Å²) in [5, 5.41) is 6.63.